The Kier molecular flexibility index (Phi) is 7.65. The minimum atomic E-state index is -0.422. The van der Waals surface area contributed by atoms with Crippen LogP contribution in [-0.2, 0) is 11.2 Å². The Morgan fingerprint density at radius 1 is 0.970 bits per heavy atom. The Morgan fingerprint density at radius 2 is 1.67 bits per heavy atom. The number of hydrogen-bond acceptors (Lipinski definition) is 4. The highest BCUT2D eigenvalue weighted by Gasteiger charge is 2.33. The van der Waals surface area contributed by atoms with Gasteiger partial charge in [-0.15, -0.1) is 0 Å². The molecule has 0 radical (unpaired) electrons. The van der Waals surface area contributed by atoms with E-state index >= 15 is 0 Å². The summed E-state index contributed by atoms with van der Waals surface area (Å²) in [5.74, 6) is 0.728. The third kappa shape index (κ3) is 5.74. The van der Waals surface area contributed by atoms with Gasteiger partial charge in [0.1, 0.15) is 17.9 Å². The Bertz CT molecular complexity index is 923. The van der Waals surface area contributed by atoms with Gasteiger partial charge in [-0.05, 0) is 62.9 Å². The highest BCUT2D eigenvalue weighted by molar-refractivity contribution is 5.98. The number of nitrogens with zero attached hydrogens (tertiary/aromatic N) is 3. The molecular weight excluding hydrogens is 414 g/mol. The summed E-state index contributed by atoms with van der Waals surface area (Å²) in [4.78, 5) is 31.4. The molecule has 6 heteroatoms. The van der Waals surface area contributed by atoms with Gasteiger partial charge in [-0.3, -0.25) is 9.59 Å². The lowest BCUT2D eigenvalue weighted by Crippen LogP contribution is -2.57. The molecule has 4 rings (SSSR count). The first-order chi connectivity index (χ1) is 16.0. The number of hydrogen-bond donors (Lipinski definition) is 0. The van der Waals surface area contributed by atoms with Gasteiger partial charge in [0.25, 0.3) is 5.91 Å². The lowest BCUT2D eigenvalue weighted by atomic mass is 10.1. The summed E-state index contributed by atoms with van der Waals surface area (Å²) in [6, 6.07) is 17.6. The Balaban J connectivity index is 1.24. The summed E-state index contributed by atoms with van der Waals surface area (Å²) >= 11 is 0. The molecule has 2 aliphatic rings. The molecule has 0 bridgehead atoms. The fourth-order valence-corrected chi connectivity index (χ4v) is 4.74. The number of carbonyl (C=O) groups is 2. The van der Waals surface area contributed by atoms with Crippen molar-refractivity contribution >= 4 is 11.8 Å². The predicted molar refractivity (Wildman–Crippen MR) is 129 cm³/mol. The molecule has 2 aliphatic heterocycles. The molecule has 2 aromatic rings. The minimum Gasteiger partial charge on any atom is -0.490 e. The van der Waals surface area contributed by atoms with Gasteiger partial charge in [0.2, 0.25) is 5.91 Å². The van der Waals surface area contributed by atoms with Crippen LogP contribution in [0.1, 0.15) is 42.6 Å². The van der Waals surface area contributed by atoms with Crippen molar-refractivity contribution in [2.75, 3.05) is 39.3 Å². The first kappa shape index (κ1) is 23.3. The zero-order chi connectivity index (χ0) is 23.2. The number of ether oxygens (including phenoxy) is 1. The Morgan fingerprint density at radius 3 is 2.33 bits per heavy atom. The minimum absolute atomic E-state index is 0.0205. The van der Waals surface area contributed by atoms with Crippen LogP contribution in [0.4, 0.5) is 0 Å². The fourth-order valence-electron chi connectivity index (χ4n) is 4.74. The zero-order valence-corrected chi connectivity index (χ0v) is 19.8. The highest BCUT2D eigenvalue weighted by atomic mass is 16.5. The largest absolute Gasteiger partial charge is 0.490 e. The highest BCUT2D eigenvalue weighted by Crippen LogP contribution is 2.22. The Hall–Kier alpha value is -2.86. The van der Waals surface area contributed by atoms with Gasteiger partial charge in [0.05, 0.1) is 0 Å². The van der Waals surface area contributed by atoms with Crippen LogP contribution in [0, 0.1) is 0 Å². The van der Waals surface area contributed by atoms with E-state index in [1.54, 1.807) is 9.80 Å². The van der Waals surface area contributed by atoms with Crippen molar-refractivity contribution in [2.45, 2.75) is 45.3 Å². The van der Waals surface area contributed by atoms with Crippen LogP contribution in [0.15, 0.2) is 54.6 Å². The zero-order valence-electron chi connectivity index (χ0n) is 19.8. The normalized spacial score (nSPS) is 20.2. The molecule has 0 unspecified atom stereocenters. The van der Waals surface area contributed by atoms with Crippen LogP contribution in [0.25, 0.3) is 0 Å². The van der Waals surface area contributed by atoms with Gasteiger partial charge in [-0.25, -0.2) is 0 Å². The van der Waals surface area contributed by atoms with Crippen LogP contribution in [-0.4, -0.2) is 77.9 Å². The molecule has 1 atom stereocenters. The topological polar surface area (TPSA) is 53.1 Å². The van der Waals surface area contributed by atoms with Gasteiger partial charge in [0.15, 0.2) is 0 Å². The van der Waals surface area contributed by atoms with Gasteiger partial charge < -0.3 is 19.4 Å². The number of likely N-dealkylation sites (N-methyl/N-ethyl adjacent to an activating group) is 1. The lowest BCUT2D eigenvalue weighted by molar-refractivity contribution is -0.139. The molecule has 0 spiro atoms. The van der Waals surface area contributed by atoms with E-state index in [9.17, 15) is 9.59 Å². The molecule has 2 aromatic carbocycles. The van der Waals surface area contributed by atoms with E-state index < -0.39 is 6.04 Å². The van der Waals surface area contributed by atoms with Crippen LogP contribution in [0.5, 0.6) is 5.75 Å². The predicted octanol–water partition coefficient (Wildman–Crippen LogP) is 3.47. The summed E-state index contributed by atoms with van der Waals surface area (Å²) in [6.07, 6.45) is 3.31. The summed E-state index contributed by atoms with van der Waals surface area (Å²) in [5, 5.41) is 0. The monoisotopic (exact) mass is 449 g/mol. The van der Waals surface area contributed by atoms with Crippen molar-refractivity contribution < 1.29 is 14.3 Å². The number of piperazine rings is 1. The van der Waals surface area contributed by atoms with Gasteiger partial charge >= 0.3 is 0 Å². The summed E-state index contributed by atoms with van der Waals surface area (Å²) < 4.78 is 6.20. The van der Waals surface area contributed by atoms with Crippen LogP contribution < -0.4 is 4.74 Å². The average molecular weight is 450 g/mol. The molecule has 2 heterocycles. The maximum Gasteiger partial charge on any atom is 0.254 e. The van der Waals surface area contributed by atoms with Crippen molar-refractivity contribution in [2.24, 2.45) is 0 Å². The number of amides is 2. The van der Waals surface area contributed by atoms with E-state index in [-0.39, 0.29) is 17.9 Å². The van der Waals surface area contributed by atoms with E-state index in [4.69, 9.17) is 4.74 Å². The van der Waals surface area contributed by atoms with Crippen molar-refractivity contribution in [3.8, 4) is 5.75 Å². The molecule has 0 aliphatic carbocycles. The van der Waals surface area contributed by atoms with Crippen LogP contribution in [0.3, 0.4) is 0 Å². The SMILES string of the molecule is CCN1CCN(C(=O)c2ccc(OC3CCN(CCc4ccccc4)CC3)cc2)[C@@H](C)C1=O. The molecule has 0 N–H and O–H groups in total. The first-order valence-electron chi connectivity index (χ1n) is 12.2. The second-order valence-corrected chi connectivity index (χ2v) is 9.01. The molecule has 33 heavy (non-hydrogen) atoms. The molecule has 2 amide bonds. The number of rotatable bonds is 7. The molecular formula is C27H35N3O3. The third-order valence-electron chi connectivity index (χ3n) is 6.89. The fraction of sp³-hybridized carbons (Fsp3) is 0.481. The van der Waals surface area contributed by atoms with E-state index in [0.29, 0.717) is 25.2 Å². The average Bonchev–Trinajstić information content (AvgIpc) is 2.86. The van der Waals surface area contributed by atoms with Crippen molar-refractivity contribution in [3.05, 3.63) is 65.7 Å². The first-order valence-corrected chi connectivity index (χ1v) is 12.2. The van der Waals surface area contributed by atoms with E-state index in [1.165, 1.54) is 5.56 Å². The van der Waals surface area contributed by atoms with Gasteiger partial charge in [-0.1, -0.05) is 30.3 Å². The lowest BCUT2D eigenvalue weighted by Gasteiger charge is -2.38. The van der Waals surface area contributed by atoms with Crippen molar-refractivity contribution in [3.63, 3.8) is 0 Å². The third-order valence-corrected chi connectivity index (χ3v) is 6.89. The molecule has 2 saturated heterocycles. The second kappa shape index (κ2) is 10.8. The summed E-state index contributed by atoms with van der Waals surface area (Å²) in [7, 11) is 0. The Labute approximate surface area is 197 Å². The van der Waals surface area contributed by atoms with Crippen molar-refractivity contribution in [1.82, 2.24) is 14.7 Å². The van der Waals surface area contributed by atoms with E-state index in [1.807, 2.05) is 38.1 Å². The van der Waals surface area contributed by atoms with Gasteiger partial charge in [-0.2, -0.15) is 0 Å². The van der Waals surface area contributed by atoms with E-state index in [2.05, 4.69) is 35.2 Å². The summed E-state index contributed by atoms with van der Waals surface area (Å²) in [5.41, 5.74) is 1.99. The maximum absolute atomic E-state index is 13.0. The smallest absolute Gasteiger partial charge is 0.254 e. The van der Waals surface area contributed by atoms with Crippen LogP contribution in [0.2, 0.25) is 0 Å². The van der Waals surface area contributed by atoms with Crippen molar-refractivity contribution in [1.29, 1.82) is 0 Å². The number of carbonyl (C=O) groups excluding carboxylic acids is 2. The maximum atomic E-state index is 13.0. The van der Waals surface area contributed by atoms with E-state index in [0.717, 1.165) is 44.6 Å². The number of benzene rings is 2. The van der Waals surface area contributed by atoms with Gasteiger partial charge in [0, 0.05) is 44.8 Å². The molecule has 6 nitrogen and oxygen atoms in total. The quantitative estimate of drug-likeness (QED) is 0.650. The molecule has 0 aromatic heterocycles. The number of likely N-dealkylation sites (tertiary alicyclic amines) is 1. The van der Waals surface area contributed by atoms with Crippen LogP contribution >= 0.6 is 0 Å². The molecule has 176 valence electrons. The molecule has 0 saturated carbocycles. The summed E-state index contributed by atoms with van der Waals surface area (Å²) in [6.45, 7) is 8.80. The second-order valence-electron chi connectivity index (χ2n) is 9.01. The molecule has 2 fully saturated rings. The number of piperidine rings is 1. The standard InChI is InChI=1S/C27H35N3O3/c1-3-29-19-20-30(21(2)26(29)31)27(32)23-9-11-24(12-10-23)33-25-14-17-28(18-15-25)16-13-22-7-5-4-6-8-22/h4-12,21,25H,3,13-20H2,1-2H3/t21-/m0/s1.